The first-order chi connectivity index (χ1) is 13.3. The molecule has 27 heavy (non-hydrogen) atoms. The summed E-state index contributed by atoms with van der Waals surface area (Å²) in [5, 5.41) is 11.8. The van der Waals surface area contributed by atoms with Crippen molar-refractivity contribution >= 4 is 22.5 Å². The first-order valence-corrected chi connectivity index (χ1v) is 9.55. The highest BCUT2D eigenvalue weighted by molar-refractivity contribution is 5.88. The Kier molecular flexibility index (Phi) is 4.16. The molecule has 4 atom stereocenters. The van der Waals surface area contributed by atoms with Gasteiger partial charge in [-0.15, -0.1) is 0 Å². The Morgan fingerprint density at radius 3 is 2.81 bits per heavy atom. The zero-order valence-corrected chi connectivity index (χ0v) is 15.4. The number of H-pyrrole nitrogens is 1. The summed E-state index contributed by atoms with van der Waals surface area (Å²) in [6, 6.07) is 8.37. The molecule has 0 unspecified atom stereocenters. The van der Waals surface area contributed by atoms with Gasteiger partial charge in [-0.1, -0.05) is 6.07 Å². The molecule has 1 saturated carbocycles. The van der Waals surface area contributed by atoms with E-state index in [1.165, 1.54) is 5.69 Å². The predicted molar refractivity (Wildman–Crippen MR) is 105 cm³/mol. The third-order valence-corrected chi connectivity index (χ3v) is 6.09. The molecular weight excluding hydrogens is 340 g/mol. The first-order valence-electron chi connectivity index (χ1n) is 9.55. The minimum absolute atomic E-state index is 0.208. The van der Waals surface area contributed by atoms with Gasteiger partial charge in [0.15, 0.2) is 5.65 Å². The predicted octanol–water partition coefficient (Wildman–Crippen LogP) is 2.69. The summed E-state index contributed by atoms with van der Waals surface area (Å²) in [6.07, 6.45) is 7.94. The molecule has 140 valence electrons. The van der Waals surface area contributed by atoms with Gasteiger partial charge in [-0.2, -0.15) is 5.10 Å². The number of anilines is 2. The topological polar surface area (TPSA) is 79.0 Å². The van der Waals surface area contributed by atoms with Crippen molar-refractivity contribution < 1.29 is 4.74 Å². The summed E-state index contributed by atoms with van der Waals surface area (Å²) >= 11 is 0. The van der Waals surface area contributed by atoms with Crippen molar-refractivity contribution in [3.63, 3.8) is 0 Å². The van der Waals surface area contributed by atoms with Crippen molar-refractivity contribution in [1.82, 2.24) is 20.2 Å². The number of hydrogen-bond acceptors (Lipinski definition) is 6. The van der Waals surface area contributed by atoms with Gasteiger partial charge in [0, 0.05) is 32.6 Å². The van der Waals surface area contributed by atoms with Crippen LogP contribution in [0.1, 0.15) is 12.8 Å². The smallest absolute Gasteiger partial charge is 0.157 e. The van der Waals surface area contributed by atoms with Gasteiger partial charge in [0.1, 0.15) is 5.82 Å². The van der Waals surface area contributed by atoms with Crippen LogP contribution in [0.25, 0.3) is 11.0 Å². The molecule has 3 aromatic heterocycles. The molecule has 0 aromatic carbocycles. The molecule has 7 nitrogen and oxygen atoms in total. The van der Waals surface area contributed by atoms with Gasteiger partial charge in [-0.3, -0.25) is 5.10 Å². The maximum Gasteiger partial charge on any atom is 0.157 e. The van der Waals surface area contributed by atoms with Gasteiger partial charge in [-0.05, 0) is 42.9 Å². The van der Waals surface area contributed by atoms with Crippen LogP contribution in [0, 0.1) is 11.8 Å². The van der Waals surface area contributed by atoms with Gasteiger partial charge in [-0.25, -0.2) is 9.97 Å². The molecule has 0 spiro atoms. The molecule has 4 heterocycles. The number of hydrogen-bond donors (Lipinski definition) is 2. The van der Waals surface area contributed by atoms with E-state index in [0.717, 1.165) is 42.8 Å². The summed E-state index contributed by atoms with van der Waals surface area (Å²) in [5.74, 6) is 2.21. The van der Waals surface area contributed by atoms with E-state index in [1.807, 2.05) is 43.9 Å². The summed E-state index contributed by atoms with van der Waals surface area (Å²) in [5.41, 5.74) is 2.08. The number of aromatic amines is 1. The summed E-state index contributed by atoms with van der Waals surface area (Å²) in [7, 11) is 1.82. The van der Waals surface area contributed by atoms with Crippen LogP contribution < -0.4 is 10.2 Å². The van der Waals surface area contributed by atoms with Crippen molar-refractivity contribution in [2.24, 2.45) is 11.8 Å². The Balaban J connectivity index is 1.35. The van der Waals surface area contributed by atoms with Gasteiger partial charge in [0.05, 0.1) is 29.4 Å². The molecule has 0 bridgehead atoms. The molecule has 0 amide bonds. The number of fused-ring (bicyclic) bond motifs is 2. The molecule has 2 N–H and O–H groups in total. The van der Waals surface area contributed by atoms with Crippen molar-refractivity contribution in [2.75, 3.05) is 30.4 Å². The number of nitrogens with zero attached hydrogens (tertiary/aromatic N) is 4. The lowest BCUT2D eigenvalue weighted by molar-refractivity contribution is 0.0305. The first kappa shape index (κ1) is 16.5. The molecular formula is C20H24N6O. The average Bonchev–Trinajstić information content (AvgIpc) is 3.34. The second kappa shape index (κ2) is 6.81. The Morgan fingerprint density at radius 1 is 1.11 bits per heavy atom. The van der Waals surface area contributed by atoms with E-state index in [4.69, 9.17) is 4.74 Å². The molecule has 1 saturated heterocycles. The number of rotatable bonds is 4. The molecule has 3 aromatic rings. The summed E-state index contributed by atoms with van der Waals surface area (Å²) < 4.78 is 5.85. The SMILES string of the molecule is CO[C@@H]1C[C@H]2CN(c3ccnc4[nH]ncc34)C[C@H]2C[C@H]1Nc1ccccn1. The maximum absolute atomic E-state index is 5.85. The second-order valence-electron chi connectivity index (χ2n) is 7.60. The molecule has 7 heteroatoms. The number of nitrogens with one attached hydrogen (secondary N) is 2. The van der Waals surface area contributed by atoms with E-state index in [2.05, 4.69) is 36.4 Å². The van der Waals surface area contributed by atoms with E-state index in [0.29, 0.717) is 11.8 Å². The molecule has 5 rings (SSSR count). The van der Waals surface area contributed by atoms with Gasteiger partial charge >= 0.3 is 0 Å². The molecule has 2 fully saturated rings. The Hall–Kier alpha value is -2.67. The molecule has 0 radical (unpaired) electrons. The highest BCUT2D eigenvalue weighted by atomic mass is 16.5. The number of methoxy groups -OCH3 is 1. The van der Waals surface area contributed by atoms with E-state index in [9.17, 15) is 0 Å². The lowest BCUT2D eigenvalue weighted by Gasteiger charge is -2.37. The molecule has 1 aliphatic heterocycles. The van der Waals surface area contributed by atoms with Crippen LogP contribution in [0.2, 0.25) is 0 Å². The zero-order valence-electron chi connectivity index (χ0n) is 15.4. The highest BCUT2D eigenvalue weighted by Gasteiger charge is 2.42. The average molecular weight is 364 g/mol. The van der Waals surface area contributed by atoms with Crippen LogP contribution in [0.15, 0.2) is 42.9 Å². The normalized spacial score (nSPS) is 27.7. The fourth-order valence-corrected chi connectivity index (χ4v) is 4.77. The van der Waals surface area contributed by atoms with Crippen LogP contribution in [0.4, 0.5) is 11.5 Å². The second-order valence-corrected chi connectivity index (χ2v) is 7.60. The minimum atomic E-state index is 0.208. The lowest BCUT2D eigenvalue weighted by atomic mass is 9.77. The summed E-state index contributed by atoms with van der Waals surface area (Å²) in [4.78, 5) is 11.3. The standard InChI is InChI=1S/C20H24N6O/c1-27-18-9-14-12-26(17-5-7-22-20-15(17)10-23-25-20)11-13(14)8-16(18)24-19-4-2-3-6-21-19/h2-7,10,13-14,16,18H,8-9,11-12H2,1H3,(H,21,24)(H,22,23,25)/t13-,14+,16-,18-/m1/s1. The monoisotopic (exact) mass is 364 g/mol. The Bertz CT molecular complexity index is 913. The number of aromatic nitrogens is 4. The van der Waals surface area contributed by atoms with Crippen molar-refractivity contribution in [3.05, 3.63) is 42.9 Å². The van der Waals surface area contributed by atoms with Crippen LogP contribution in [-0.2, 0) is 4.74 Å². The number of ether oxygens (including phenoxy) is 1. The van der Waals surface area contributed by atoms with Gasteiger partial charge < -0.3 is 15.0 Å². The van der Waals surface area contributed by atoms with Gasteiger partial charge in [0.2, 0.25) is 0 Å². The largest absolute Gasteiger partial charge is 0.379 e. The Morgan fingerprint density at radius 2 is 2.00 bits per heavy atom. The van der Waals surface area contributed by atoms with E-state index >= 15 is 0 Å². The lowest BCUT2D eigenvalue weighted by Crippen LogP contribution is -2.44. The van der Waals surface area contributed by atoms with Crippen LogP contribution >= 0.6 is 0 Å². The third kappa shape index (κ3) is 3.02. The number of pyridine rings is 2. The van der Waals surface area contributed by atoms with Crippen molar-refractivity contribution in [3.8, 4) is 0 Å². The Labute approximate surface area is 158 Å². The maximum atomic E-state index is 5.85. The van der Waals surface area contributed by atoms with Crippen LogP contribution in [-0.4, -0.2) is 52.5 Å². The van der Waals surface area contributed by atoms with Crippen molar-refractivity contribution in [2.45, 2.75) is 25.0 Å². The molecule has 2 aliphatic rings. The van der Waals surface area contributed by atoms with E-state index in [-0.39, 0.29) is 12.1 Å². The quantitative estimate of drug-likeness (QED) is 0.741. The van der Waals surface area contributed by atoms with Crippen molar-refractivity contribution in [1.29, 1.82) is 0 Å². The van der Waals surface area contributed by atoms with Gasteiger partial charge in [0.25, 0.3) is 0 Å². The van der Waals surface area contributed by atoms with E-state index < -0.39 is 0 Å². The summed E-state index contributed by atoms with van der Waals surface area (Å²) in [6.45, 7) is 2.12. The van der Waals surface area contributed by atoms with Crippen LogP contribution in [0.3, 0.4) is 0 Å². The fourth-order valence-electron chi connectivity index (χ4n) is 4.77. The van der Waals surface area contributed by atoms with E-state index in [1.54, 1.807) is 0 Å². The highest BCUT2D eigenvalue weighted by Crippen LogP contribution is 2.41. The fraction of sp³-hybridized carbons (Fsp3) is 0.450. The molecule has 1 aliphatic carbocycles. The van der Waals surface area contributed by atoms with Crippen LogP contribution in [0.5, 0.6) is 0 Å². The zero-order chi connectivity index (χ0) is 18.2. The third-order valence-electron chi connectivity index (χ3n) is 6.09. The minimum Gasteiger partial charge on any atom is -0.379 e.